The highest BCUT2D eigenvalue weighted by Gasteiger charge is 2.27. The second kappa shape index (κ2) is 17.3. The number of hydrogen-bond donors (Lipinski definition) is 3. The number of pyridine rings is 1. The third kappa shape index (κ3) is 9.33. The van der Waals surface area contributed by atoms with Gasteiger partial charge in [0, 0.05) is 39.5 Å². The normalized spacial score (nSPS) is 11.6. The first-order chi connectivity index (χ1) is 25.8. The molecule has 11 heteroatoms. The molecule has 2 aromatic heterocycles. The van der Waals surface area contributed by atoms with Gasteiger partial charge >= 0.3 is 5.97 Å². The molecule has 0 bridgehead atoms. The van der Waals surface area contributed by atoms with Crippen molar-refractivity contribution in [2.75, 3.05) is 17.7 Å². The van der Waals surface area contributed by atoms with E-state index in [1.54, 1.807) is 79.1 Å². The van der Waals surface area contributed by atoms with Gasteiger partial charge in [-0.3, -0.25) is 19.4 Å². The summed E-state index contributed by atoms with van der Waals surface area (Å²) in [6.45, 7) is 1.99. The first kappa shape index (κ1) is 36.5. The summed E-state index contributed by atoms with van der Waals surface area (Å²) in [5.74, 6) is -1.89. The van der Waals surface area contributed by atoms with Gasteiger partial charge in [0.15, 0.2) is 0 Å². The molecular formula is C42H34N4O5S2. The SMILES string of the molecule is COC(=O)c1c(-c2ccc(C)cc2)csc1NC(=O)C(Sc1cccc(NC(=O)/C(=C/c2cccnc2)NC(=O)c2ccccc2)c1)c1ccccc1. The summed E-state index contributed by atoms with van der Waals surface area (Å²) < 4.78 is 5.13. The number of thiophene rings is 1. The van der Waals surface area contributed by atoms with Crippen LogP contribution in [0, 0.1) is 6.92 Å². The smallest absolute Gasteiger partial charge is 0.341 e. The summed E-state index contributed by atoms with van der Waals surface area (Å²) in [5, 5.41) is 10.1. The van der Waals surface area contributed by atoms with Gasteiger partial charge in [0.05, 0.1) is 7.11 Å². The average Bonchev–Trinajstić information content (AvgIpc) is 3.61. The number of esters is 1. The van der Waals surface area contributed by atoms with Gasteiger partial charge < -0.3 is 20.7 Å². The van der Waals surface area contributed by atoms with Crippen LogP contribution in [0.25, 0.3) is 17.2 Å². The van der Waals surface area contributed by atoms with Crippen molar-refractivity contribution >= 4 is 63.6 Å². The molecule has 0 saturated heterocycles. The van der Waals surface area contributed by atoms with Crippen molar-refractivity contribution in [2.24, 2.45) is 0 Å². The Kier molecular flexibility index (Phi) is 11.9. The van der Waals surface area contributed by atoms with Gasteiger partial charge in [0.2, 0.25) is 5.91 Å². The molecule has 0 aliphatic carbocycles. The number of thioether (sulfide) groups is 1. The Hall–Kier alpha value is -6.30. The van der Waals surface area contributed by atoms with Gasteiger partial charge in [0.1, 0.15) is 21.5 Å². The maximum Gasteiger partial charge on any atom is 0.341 e. The van der Waals surface area contributed by atoms with E-state index in [1.165, 1.54) is 30.2 Å². The maximum atomic E-state index is 14.1. The molecule has 53 heavy (non-hydrogen) atoms. The Morgan fingerprint density at radius 1 is 0.830 bits per heavy atom. The number of carbonyl (C=O) groups excluding carboxylic acids is 4. The average molecular weight is 739 g/mol. The van der Waals surface area contributed by atoms with Crippen molar-refractivity contribution in [2.45, 2.75) is 17.1 Å². The Morgan fingerprint density at radius 2 is 1.57 bits per heavy atom. The van der Waals surface area contributed by atoms with Crippen LogP contribution in [-0.4, -0.2) is 35.8 Å². The maximum absolute atomic E-state index is 14.1. The molecule has 3 N–H and O–H groups in total. The molecule has 6 rings (SSSR count). The molecule has 6 aromatic rings. The number of nitrogens with one attached hydrogen (secondary N) is 3. The number of anilines is 2. The van der Waals surface area contributed by atoms with E-state index in [2.05, 4.69) is 20.9 Å². The van der Waals surface area contributed by atoms with Crippen molar-refractivity contribution in [3.63, 3.8) is 0 Å². The molecule has 0 saturated carbocycles. The second-order valence-corrected chi connectivity index (χ2v) is 13.8. The van der Waals surface area contributed by atoms with E-state index in [0.29, 0.717) is 32.3 Å². The van der Waals surface area contributed by atoms with E-state index in [9.17, 15) is 19.2 Å². The predicted molar refractivity (Wildman–Crippen MR) is 211 cm³/mol. The lowest BCUT2D eigenvalue weighted by Gasteiger charge is -2.18. The quantitative estimate of drug-likeness (QED) is 0.0651. The van der Waals surface area contributed by atoms with Crippen LogP contribution in [0.4, 0.5) is 10.7 Å². The molecule has 9 nitrogen and oxygen atoms in total. The Balaban J connectivity index is 1.25. The molecule has 264 valence electrons. The molecule has 1 unspecified atom stereocenters. The van der Waals surface area contributed by atoms with E-state index < -0.39 is 23.0 Å². The van der Waals surface area contributed by atoms with Crippen molar-refractivity contribution in [3.8, 4) is 11.1 Å². The highest BCUT2D eigenvalue weighted by atomic mass is 32.2. The first-order valence-electron chi connectivity index (χ1n) is 16.5. The van der Waals surface area contributed by atoms with E-state index in [1.807, 2.05) is 73.0 Å². The van der Waals surface area contributed by atoms with E-state index in [0.717, 1.165) is 16.7 Å². The molecule has 4 aromatic carbocycles. The highest BCUT2D eigenvalue weighted by Crippen LogP contribution is 2.40. The van der Waals surface area contributed by atoms with Crippen molar-refractivity contribution in [1.29, 1.82) is 0 Å². The van der Waals surface area contributed by atoms with Crippen LogP contribution >= 0.6 is 23.1 Å². The van der Waals surface area contributed by atoms with Gasteiger partial charge in [-0.1, -0.05) is 90.5 Å². The molecule has 0 aliphatic rings. The molecule has 0 aliphatic heterocycles. The summed E-state index contributed by atoms with van der Waals surface area (Å²) in [4.78, 5) is 58.7. The van der Waals surface area contributed by atoms with Crippen LogP contribution in [0.1, 0.15) is 42.7 Å². The van der Waals surface area contributed by atoms with Gasteiger partial charge in [-0.15, -0.1) is 23.1 Å². The molecule has 0 radical (unpaired) electrons. The van der Waals surface area contributed by atoms with Crippen LogP contribution in [0.15, 0.2) is 150 Å². The minimum absolute atomic E-state index is 0.0220. The number of nitrogens with zero attached hydrogens (tertiary/aromatic N) is 1. The zero-order valence-electron chi connectivity index (χ0n) is 28.7. The van der Waals surface area contributed by atoms with Crippen LogP contribution < -0.4 is 16.0 Å². The third-order valence-electron chi connectivity index (χ3n) is 7.99. The van der Waals surface area contributed by atoms with Gasteiger partial charge in [-0.05, 0) is 66.1 Å². The number of hydrogen-bond acceptors (Lipinski definition) is 8. The minimum atomic E-state index is -0.733. The fourth-order valence-electron chi connectivity index (χ4n) is 5.33. The van der Waals surface area contributed by atoms with E-state index in [4.69, 9.17) is 4.74 Å². The monoisotopic (exact) mass is 738 g/mol. The Bertz CT molecular complexity index is 2260. The van der Waals surface area contributed by atoms with Crippen molar-refractivity contribution in [1.82, 2.24) is 10.3 Å². The number of ether oxygens (including phenoxy) is 1. The summed E-state index contributed by atoms with van der Waals surface area (Å²) in [6, 6.07) is 36.3. The number of aromatic nitrogens is 1. The summed E-state index contributed by atoms with van der Waals surface area (Å²) in [5.41, 5.74) is 5.10. The zero-order valence-corrected chi connectivity index (χ0v) is 30.4. The van der Waals surface area contributed by atoms with Gasteiger partial charge in [0.25, 0.3) is 11.8 Å². The Morgan fingerprint density at radius 3 is 2.26 bits per heavy atom. The number of rotatable bonds is 12. The Labute approximate surface area is 315 Å². The molecular weight excluding hydrogens is 705 g/mol. The van der Waals surface area contributed by atoms with Crippen LogP contribution in [0.3, 0.4) is 0 Å². The van der Waals surface area contributed by atoms with Crippen LogP contribution in [-0.2, 0) is 14.3 Å². The van der Waals surface area contributed by atoms with Crippen LogP contribution in [0.2, 0.25) is 0 Å². The topological polar surface area (TPSA) is 126 Å². The highest BCUT2D eigenvalue weighted by molar-refractivity contribution is 8.00. The number of amides is 3. The predicted octanol–water partition coefficient (Wildman–Crippen LogP) is 8.79. The number of methoxy groups -OCH3 is 1. The summed E-state index contributed by atoms with van der Waals surface area (Å²) >= 11 is 2.54. The fourth-order valence-corrected chi connectivity index (χ4v) is 7.37. The van der Waals surface area contributed by atoms with E-state index >= 15 is 0 Å². The number of aryl methyl sites for hydroxylation is 1. The number of benzene rings is 4. The molecule has 0 fully saturated rings. The largest absolute Gasteiger partial charge is 0.465 e. The molecule has 3 amide bonds. The number of carbonyl (C=O) groups is 4. The molecule has 0 spiro atoms. The fraction of sp³-hybridized carbons (Fsp3) is 0.0714. The first-order valence-corrected chi connectivity index (χ1v) is 18.2. The van der Waals surface area contributed by atoms with Crippen LogP contribution in [0.5, 0.6) is 0 Å². The zero-order chi connectivity index (χ0) is 37.2. The lowest BCUT2D eigenvalue weighted by atomic mass is 10.0. The molecule has 2 heterocycles. The second-order valence-electron chi connectivity index (χ2n) is 11.8. The van der Waals surface area contributed by atoms with Gasteiger partial charge in [-0.2, -0.15) is 0 Å². The standard InChI is InChI=1S/C42H34N4O5S2/c1-27-18-20-29(21-19-27)34-26-52-41(36(34)42(50)51-2)46-40(49)37(30-12-5-3-6-13-30)53-33-17-9-16-32(24-33)44-39(48)35(23-28-11-10-22-43-25-28)45-38(47)31-14-7-4-8-15-31/h3-26,37H,1-2H3,(H,44,48)(H,45,47)(H,46,49)/b35-23-. The third-order valence-corrected chi connectivity index (χ3v) is 10.1. The van der Waals surface area contributed by atoms with E-state index in [-0.39, 0.29) is 17.2 Å². The minimum Gasteiger partial charge on any atom is -0.465 e. The van der Waals surface area contributed by atoms with Crippen molar-refractivity contribution in [3.05, 3.63) is 173 Å². The van der Waals surface area contributed by atoms with Gasteiger partial charge in [-0.25, -0.2) is 4.79 Å². The lowest BCUT2D eigenvalue weighted by molar-refractivity contribution is -0.116. The summed E-state index contributed by atoms with van der Waals surface area (Å²) in [7, 11) is 1.31. The van der Waals surface area contributed by atoms with Crippen molar-refractivity contribution < 1.29 is 23.9 Å². The summed E-state index contributed by atoms with van der Waals surface area (Å²) in [6.07, 6.45) is 4.75. The molecule has 1 atom stereocenters. The lowest BCUT2D eigenvalue weighted by Crippen LogP contribution is -2.30.